The molecule has 0 saturated carbocycles. The van der Waals surface area contributed by atoms with Gasteiger partial charge in [-0.15, -0.1) is 0 Å². The van der Waals surface area contributed by atoms with E-state index < -0.39 is 12.4 Å². The van der Waals surface area contributed by atoms with Crippen molar-refractivity contribution in [3.05, 3.63) is 16.2 Å². The minimum absolute atomic E-state index is 0.0323. The average molecular weight is 146 g/mol. The SMILES string of the molecule is O=c1[nH]c(O)c(CCF)[nH]1. The molecule has 0 unspecified atom stereocenters. The van der Waals surface area contributed by atoms with Crippen molar-refractivity contribution in [3.8, 4) is 5.88 Å². The van der Waals surface area contributed by atoms with Gasteiger partial charge in [-0.25, -0.2) is 4.79 Å². The summed E-state index contributed by atoms with van der Waals surface area (Å²) >= 11 is 0. The molecule has 0 amide bonds. The van der Waals surface area contributed by atoms with E-state index in [0.717, 1.165) is 0 Å². The lowest BCUT2D eigenvalue weighted by atomic mass is 10.3. The van der Waals surface area contributed by atoms with Gasteiger partial charge >= 0.3 is 5.69 Å². The summed E-state index contributed by atoms with van der Waals surface area (Å²) in [6, 6.07) is 0. The largest absolute Gasteiger partial charge is 0.493 e. The fourth-order valence-electron chi connectivity index (χ4n) is 0.686. The molecule has 0 fully saturated rings. The molecule has 0 aliphatic rings. The van der Waals surface area contributed by atoms with Crippen molar-refractivity contribution in [2.75, 3.05) is 6.67 Å². The second-order valence-corrected chi connectivity index (χ2v) is 1.85. The van der Waals surface area contributed by atoms with Gasteiger partial charge in [0.15, 0.2) is 0 Å². The van der Waals surface area contributed by atoms with E-state index in [4.69, 9.17) is 5.11 Å². The fourth-order valence-corrected chi connectivity index (χ4v) is 0.686. The molecule has 1 heterocycles. The van der Waals surface area contributed by atoms with Gasteiger partial charge in [0.1, 0.15) is 0 Å². The predicted molar refractivity (Wildman–Crippen MR) is 32.8 cm³/mol. The topological polar surface area (TPSA) is 68.9 Å². The first-order chi connectivity index (χ1) is 4.74. The van der Waals surface area contributed by atoms with Crippen LogP contribution in [0.2, 0.25) is 0 Å². The number of hydrogen-bond acceptors (Lipinski definition) is 2. The lowest BCUT2D eigenvalue weighted by molar-refractivity contribution is 0.436. The average Bonchev–Trinajstić information content (AvgIpc) is 2.13. The molecular weight excluding hydrogens is 139 g/mol. The van der Waals surface area contributed by atoms with Gasteiger partial charge < -0.3 is 10.1 Å². The first kappa shape index (κ1) is 6.85. The van der Waals surface area contributed by atoms with Crippen molar-refractivity contribution in [2.24, 2.45) is 0 Å². The number of halogens is 1. The van der Waals surface area contributed by atoms with Crippen LogP contribution in [-0.4, -0.2) is 21.7 Å². The Kier molecular flexibility index (Phi) is 1.75. The number of hydrogen-bond donors (Lipinski definition) is 3. The normalized spacial score (nSPS) is 10.1. The lowest BCUT2D eigenvalue weighted by Crippen LogP contribution is -2.01. The molecule has 10 heavy (non-hydrogen) atoms. The van der Waals surface area contributed by atoms with Crippen LogP contribution in [0.5, 0.6) is 5.88 Å². The van der Waals surface area contributed by atoms with E-state index in [1.165, 1.54) is 0 Å². The van der Waals surface area contributed by atoms with E-state index in [-0.39, 0.29) is 18.0 Å². The van der Waals surface area contributed by atoms with E-state index in [9.17, 15) is 9.18 Å². The highest BCUT2D eigenvalue weighted by Crippen LogP contribution is 2.06. The van der Waals surface area contributed by atoms with Crippen LogP contribution in [0, 0.1) is 0 Å². The second kappa shape index (κ2) is 2.55. The Balaban J connectivity index is 2.92. The quantitative estimate of drug-likeness (QED) is 0.546. The highest BCUT2D eigenvalue weighted by molar-refractivity contribution is 5.15. The van der Waals surface area contributed by atoms with Crippen LogP contribution in [0.25, 0.3) is 0 Å². The van der Waals surface area contributed by atoms with Crippen LogP contribution < -0.4 is 5.69 Å². The van der Waals surface area contributed by atoms with E-state index in [1.54, 1.807) is 0 Å². The third-order valence-corrected chi connectivity index (χ3v) is 1.13. The molecule has 0 spiro atoms. The molecule has 1 aromatic rings. The summed E-state index contributed by atoms with van der Waals surface area (Å²) < 4.78 is 11.6. The van der Waals surface area contributed by atoms with Crippen molar-refractivity contribution >= 4 is 0 Å². The van der Waals surface area contributed by atoms with Crippen molar-refractivity contribution < 1.29 is 9.50 Å². The summed E-state index contributed by atoms with van der Waals surface area (Å²) in [5.41, 5.74) is -0.298. The van der Waals surface area contributed by atoms with Crippen LogP contribution in [0.15, 0.2) is 4.79 Å². The molecule has 56 valence electrons. The number of H-pyrrole nitrogens is 2. The van der Waals surface area contributed by atoms with Crippen LogP contribution >= 0.6 is 0 Å². The third kappa shape index (κ3) is 1.18. The monoisotopic (exact) mass is 146 g/mol. The maximum absolute atomic E-state index is 11.6. The van der Waals surface area contributed by atoms with Gasteiger partial charge in [-0.1, -0.05) is 0 Å². The Bertz CT molecular complexity index is 265. The van der Waals surface area contributed by atoms with Crippen LogP contribution in [-0.2, 0) is 6.42 Å². The summed E-state index contributed by atoms with van der Waals surface area (Å²) in [5, 5.41) is 8.81. The smallest absolute Gasteiger partial charge is 0.325 e. The van der Waals surface area contributed by atoms with Gasteiger partial charge in [-0.05, 0) is 0 Å². The summed E-state index contributed by atoms with van der Waals surface area (Å²) in [5.74, 6) is -0.275. The minimum Gasteiger partial charge on any atom is -0.493 e. The second-order valence-electron chi connectivity index (χ2n) is 1.85. The molecule has 0 radical (unpaired) electrons. The highest BCUT2D eigenvalue weighted by Gasteiger charge is 2.03. The Labute approximate surface area is 55.7 Å². The van der Waals surface area contributed by atoms with Gasteiger partial charge in [0, 0.05) is 6.42 Å². The Morgan fingerprint density at radius 2 is 2.20 bits per heavy atom. The zero-order valence-electron chi connectivity index (χ0n) is 5.15. The molecule has 1 rings (SSSR count). The van der Waals surface area contributed by atoms with Crippen molar-refractivity contribution in [1.29, 1.82) is 0 Å². The summed E-state index contributed by atoms with van der Waals surface area (Å²) in [6.45, 7) is -0.596. The molecule has 4 nitrogen and oxygen atoms in total. The molecule has 0 aliphatic heterocycles. The molecule has 0 bridgehead atoms. The van der Waals surface area contributed by atoms with Crippen LogP contribution in [0.1, 0.15) is 5.69 Å². The van der Waals surface area contributed by atoms with E-state index in [2.05, 4.69) is 9.97 Å². The summed E-state index contributed by atoms with van der Waals surface area (Å²) in [4.78, 5) is 14.7. The van der Waals surface area contributed by atoms with Gasteiger partial charge in [0.25, 0.3) is 0 Å². The summed E-state index contributed by atoms with van der Waals surface area (Å²) in [7, 11) is 0. The molecule has 3 N–H and O–H groups in total. The maximum atomic E-state index is 11.6. The van der Waals surface area contributed by atoms with Crippen molar-refractivity contribution in [1.82, 2.24) is 9.97 Å². The maximum Gasteiger partial charge on any atom is 0.325 e. The standard InChI is InChI=1S/C5H7FN2O2/c6-2-1-3-4(9)8-5(10)7-3/h9H,1-2H2,(H2,7,8,10). The Morgan fingerprint density at radius 3 is 2.60 bits per heavy atom. The Morgan fingerprint density at radius 1 is 1.50 bits per heavy atom. The molecule has 0 aromatic carbocycles. The van der Waals surface area contributed by atoms with Gasteiger partial charge in [0.05, 0.1) is 12.4 Å². The van der Waals surface area contributed by atoms with Crippen LogP contribution in [0.3, 0.4) is 0 Å². The van der Waals surface area contributed by atoms with Gasteiger partial charge in [0.2, 0.25) is 5.88 Å². The fraction of sp³-hybridized carbons (Fsp3) is 0.400. The lowest BCUT2D eigenvalue weighted by Gasteiger charge is -1.88. The zero-order chi connectivity index (χ0) is 7.56. The van der Waals surface area contributed by atoms with Crippen molar-refractivity contribution in [3.63, 3.8) is 0 Å². The number of aromatic amines is 2. The molecule has 1 aromatic heterocycles. The van der Waals surface area contributed by atoms with E-state index >= 15 is 0 Å². The number of alkyl halides is 1. The van der Waals surface area contributed by atoms with Gasteiger partial charge in [-0.3, -0.25) is 9.37 Å². The summed E-state index contributed by atoms with van der Waals surface area (Å²) in [6.07, 6.45) is 0.0323. The number of nitrogens with one attached hydrogen (secondary N) is 2. The van der Waals surface area contributed by atoms with Crippen LogP contribution in [0.4, 0.5) is 4.39 Å². The molecule has 0 atom stereocenters. The highest BCUT2D eigenvalue weighted by atomic mass is 19.1. The van der Waals surface area contributed by atoms with E-state index in [0.29, 0.717) is 0 Å². The number of rotatable bonds is 2. The minimum atomic E-state index is -0.596. The third-order valence-electron chi connectivity index (χ3n) is 1.13. The molecule has 0 aliphatic carbocycles. The van der Waals surface area contributed by atoms with Gasteiger partial charge in [-0.2, -0.15) is 0 Å². The number of aryl methyl sites for hydroxylation is 1. The zero-order valence-corrected chi connectivity index (χ0v) is 5.15. The number of imidazole rings is 1. The number of aromatic hydroxyl groups is 1. The number of aromatic nitrogens is 2. The predicted octanol–water partition coefficient (Wildman–Crippen LogP) is -0.0794. The first-order valence-electron chi connectivity index (χ1n) is 2.80. The molecule has 5 heteroatoms. The Hall–Kier alpha value is -1.26. The first-order valence-corrected chi connectivity index (χ1v) is 2.80. The molecule has 0 saturated heterocycles. The van der Waals surface area contributed by atoms with E-state index in [1.807, 2.05) is 0 Å². The molecular formula is C5H7FN2O2. The van der Waals surface area contributed by atoms with Crippen molar-refractivity contribution in [2.45, 2.75) is 6.42 Å².